The number of nitro groups is 3. The summed E-state index contributed by atoms with van der Waals surface area (Å²) in [6.07, 6.45) is 0. The number of hydrogen-bond donors (Lipinski definition) is 1. The van der Waals surface area contributed by atoms with E-state index in [1.807, 2.05) is 12.1 Å². The molecule has 0 heterocycles. The minimum atomic E-state index is -1.21. The summed E-state index contributed by atoms with van der Waals surface area (Å²) in [4.78, 5) is 30.0. The second-order valence-corrected chi connectivity index (χ2v) is 6.28. The van der Waals surface area contributed by atoms with Crippen molar-refractivity contribution in [2.24, 2.45) is 0 Å². The Kier molecular flexibility index (Phi) is 7.56. The molecule has 0 fully saturated rings. The van der Waals surface area contributed by atoms with Gasteiger partial charge in [0.2, 0.25) is 0 Å². The molecule has 0 saturated carbocycles. The second-order valence-electron chi connectivity index (χ2n) is 6.28. The van der Waals surface area contributed by atoms with Gasteiger partial charge < -0.3 is 10.0 Å². The van der Waals surface area contributed by atoms with E-state index in [9.17, 15) is 30.3 Å². The van der Waals surface area contributed by atoms with Crippen LogP contribution in [0.4, 0.5) is 22.7 Å². The first-order valence-corrected chi connectivity index (χ1v) is 8.81. The van der Waals surface area contributed by atoms with Crippen LogP contribution in [0.25, 0.3) is 0 Å². The van der Waals surface area contributed by atoms with Crippen molar-refractivity contribution in [3.05, 3.63) is 109 Å². The van der Waals surface area contributed by atoms with E-state index in [2.05, 4.69) is 60.5 Å². The van der Waals surface area contributed by atoms with E-state index in [4.69, 9.17) is 5.11 Å². The van der Waals surface area contributed by atoms with Gasteiger partial charge in [0.15, 0.2) is 0 Å². The first kappa shape index (κ1) is 22.7. The van der Waals surface area contributed by atoms with Crippen LogP contribution in [0, 0.1) is 30.3 Å². The molecule has 3 rings (SSSR count). The molecule has 3 aromatic rings. The fraction of sp³-hybridized carbons (Fsp3) is 0.100. The van der Waals surface area contributed by atoms with E-state index in [0.29, 0.717) is 12.1 Å². The van der Waals surface area contributed by atoms with E-state index in [1.54, 1.807) is 0 Å². The maximum atomic E-state index is 10.4. The lowest BCUT2D eigenvalue weighted by Gasteiger charge is -2.19. The fourth-order valence-corrected chi connectivity index (χ4v) is 2.60. The highest BCUT2D eigenvalue weighted by Crippen LogP contribution is 2.38. The number of anilines is 1. The molecule has 0 atom stereocenters. The third-order valence-electron chi connectivity index (χ3n) is 4.12. The van der Waals surface area contributed by atoms with Gasteiger partial charge in [-0.1, -0.05) is 48.5 Å². The summed E-state index contributed by atoms with van der Waals surface area (Å²) in [5, 5.41) is 40.2. The number of benzene rings is 3. The van der Waals surface area contributed by atoms with Crippen molar-refractivity contribution in [3.8, 4) is 5.75 Å². The monoisotopic (exact) mass is 426 g/mol. The molecule has 11 heteroatoms. The Labute approximate surface area is 176 Å². The van der Waals surface area contributed by atoms with Crippen molar-refractivity contribution in [2.45, 2.75) is 6.54 Å². The number of para-hydroxylation sites is 1. The van der Waals surface area contributed by atoms with Gasteiger partial charge in [-0.05, 0) is 17.7 Å². The van der Waals surface area contributed by atoms with Gasteiger partial charge >= 0.3 is 11.4 Å². The molecule has 0 aromatic heterocycles. The molecule has 3 aromatic carbocycles. The molecule has 0 amide bonds. The Morgan fingerprint density at radius 3 is 1.65 bits per heavy atom. The predicted octanol–water partition coefficient (Wildman–Crippen LogP) is 4.44. The predicted molar refractivity (Wildman–Crippen MR) is 113 cm³/mol. The van der Waals surface area contributed by atoms with Gasteiger partial charge in [-0.2, -0.15) is 0 Å². The summed E-state index contributed by atoms with van der Waals surface area (Å²) in [5.41, 5.74) is -0.414. The van der Waals surface area contributed by atoms with Gasteiger partial charge in [0, 0.05) is 19.3 Å². The van der Waals surface area contributed by atoms with Crippen molar-refractivity contribution in [2.75, 3.05) is 11.9 Å². The maximum Gasteiger partial charge on any atom is 0.324 e. The number of hydrogen-bond acceptors (Lipinski definition) is 8. The van der Waals surface area contributed by atoms with Crippen LogP contribution in [0.5, 0.6) is 5.75 Å². The zero-order valence-corrected chi connectivity index (χ0v) is 16.3. The zero-order chi connectivity index (χ0) is 23.0. The van der Waals surface area contributed by atoms with Crippen LogP contribution < -0.4 is 4.90 Å². The molecular formula is C20H18N4O7. The van der Waals surface area contributed by atoms with E-state index >= 15 is 0 Å². The van der Waals surface area contributed by atoms with Crippen molar-refractivity contribution in [3.63, 3.8) is 0 Å². The Morgan fingerprint density at radius 1 is 0.774 bits per heavy atom. The van der Waals surface area contributed by atoms with Crippen LogP contribution in [0.2, 0.25) is 0 Å². The van der Waals surface area contributed by atoms with Crippen molar-refractivity contribution in [1.29, 1.82) is 0 Å². The summed E-state index contributed by atoms with van der Waals surface area (Å²) >= 11 is 0. The zero-order valence-electron chi connectivity index (χ0n) is 16.3. The van der Waals surface area contributed by atoms with Gasteiger partial charge in [0.25, 0.3) is 11.4 Å². The molecule has 160 valence electrons. The molecule has 0 bridgehead atoms. The molecule has 0 saturated heterocycles. The topological polar surface area (TPSA) is 153 Å². The lowest BCUT2D eigenvalue weighted by atomic mass is 10.2. The SMILES string of the molecule is CN(Cc1ccccc1)c1ccccc1.O=[N+]([O-])c1cc([N+](=O)[O-])c(O)c([N+](=O)[O-])c1. The molecular weight excluding hydrogens is 408 g/mol. The number of aromatic hydroxyl groups is 1. The second kappa shape index (κ2) is 10.3. The molecule has 0 aliphatic rings. The van der Waals surface area contributed by atoms with E-state index in [0.717, 1.165) is 6.54 Å². The van der Waals surface area contributed by atoms with E-state index in [1.165, 1.54) is 11.3 Å². The van der Waals surface area contributed by atoms with Crippen molar-refractivity contribution < 1.29 is 19.9 Å². The first-order chi connectivity index (χ1) is 14.7. The maximum absolute atomic E-state index is 10.4. The largest absolute Gasteiger partial charge is 0.497 e. The fourth-order valence-electron chi connectivity index (χ4n) is 2.60. The van der Waals surface area contributed by atoms with Crippen LogP contribution in [0.3, 0.4) is 0 Å². The Morgan fingerprint density at radius 2 is 1.23 bits per heavy atom. The number of rotatable bonds is 6. The normalized spacial score (nSPS) is 9.84. The number of nitrogens with zero attached hydrogens (tertiary/aromatic N) is 4. The third-order valence-corrected chi connectivity index (χ3v) is 4.12. The van der Waals surface area contributed by atoms with Crippen molar-refractivity contribution >= 4 is 22.7 Å². The average Bonchev–Trinajstić information content (AvgIpc) is 2.75. The van der Waals surface area contributed by atoms with Crippen LogP contribution in [-0.4, -0.2) is 26.9 Å². The first-order valence-electron chi connectivity index (χ1n) is 8.81. The summed E-state index contributed by atoms with van der Waals surface area (Å²) in [6, 6.07) is 21.8. The van der Waals surface area contributed by atoms with Crippen molar-refractivity contribution in [1.82, 2.24) is 0 Å². The van der Waals surface area contributed by atoms with Gasteiger partial charge in [0.1, 0.15) is 0 Å². The molecule has 0 radical (unpaired) electrons. The Balaban J connectivity index is 0.000000220. The smallest absolute Gasteiger partial charge is 0.324 e. The molecule has 0 unspecified atom stereocenters. The highest BCUT2D eigenvalue weighted by Gasteiger charge is 2.30. The standard InChI is InChI=1S/C14H15N.C6H3N3O7/c1-15(14-10-6-3-7-11-14)12-13-8-4-2-5-9-13;10-6-4(8(13)14)1-3(7(11)12)2-5(6)9(15)16/h2-11H,12H2,1H3;1-2,10H. The van der Waals surface area contributed by atoms with Gasteiger partial charge in [0.05, 0.1) is 26.9 Å². The van der Waals surface area contributed by atoms with Crippen LogP contribution in [0.1, 0.15) is 5.56 Å². The van der Waals surface area contributed by atoms with Crippen LogP contribution in [-0.2, 0) is 6.54 Å². The summed E-state index contributed by atoms with van der Waals surface area (Å²) in [6.45, 7) is 0.949. The Hall–Kier alpha value is -4.54. The summed E-state index contributed by atoms with van der Waals surface area (Å²) in [7, 11) is 2.11. The highest BCUT2D eigenvalue weighted by molar-refractivity contribution is 5.64. The quantitative estimate of drug-likeness (QED) is 0.448. The van der Waals surface area contributed by atoms with E-state index in [-0.39, 0.29) is 0 Å². The molecule has 31 heavy (non-hydrogen) atoms. The number of nitro benzene ring substituents is 3. The summed E-state index contributed by atoms with van der Waals surface area (Å²) in [5.74, 6) is -1.21. The van der Waals surface area contributed by atoms with Gasteiger partial charge in [-0.25, -0.2) is 0 Å². The Bertz CT molecular complexity index is 1040. The molecule has 11 nitrogen and oxygen atoms in total. The average molecular weight is 426 g/mol. The molecule has 1 N–H and O–H groups in total. The van der Waals surface area contributed by atoms with Gasteiger partial charge in [-0.3, -0.25) is 30.3 Å². The van der Waals surface area contributed by atoms with E-state index < -0.39 is 37.6 Å². The molecule has 0 aliphatic heterocycles. The number of phenols is 1. The number of non-ortho nitro benzene ring substituents is 1. The van der Waals surface area contributed by atoms with Crippen LogP contribution in [0.15, 0.2) is 72.8 Å². The highest BCUT2D eigenvalue weighted by atomic mass is 16.6. The minimum Gasteiger partial charge on any atom is -0.497 e. The molecule has 0 aliphatic carbocycles. The summed E-state index contributed by atoms with van der Waals surface area (Å²) < 4.78 is 0. The lowest BCUT2D eigenvalue weighted by molar-refractivity contribution is -0.404. The van der Waals surface area contributed by atoms with Crippen LogP contribution >= 0.6 is 0 Å². The lowest BCUT2D eigenvalue weighted by Crippen LogP contribution is -2.15. The molecule has 0 spiro atoms. The number of phenolic OH excluding ortho intramolecular Hbond substituents is 1. The van der Waals surface area contributed by atoms with Gasteiger partial charge in [-0.15, -0.1) is 0 Å². The minimum absolute atomic E-state index is 0.447. The third kappa shape index (κ3) is 6.22.